The van der Waals surface area contributed by atoms with Gasteiger partial charge in [0.05, 0.1) is 0 Å². The average molecular weight is 265 g/mol. The summed E-state index contributed by atoms with van der Waals surface area (Å²) in [4.78, 5) is 16.9. The van der Waals surface area contributed by atoms with E-state index in [0.29, 0.717) is 30.5 Å². The molecule has 3 aliphatic heterocycles. The molecule has 0 radical (unpaired) electrons. The minimum atomic E-state index is 0.369. The van der Waals surface area contributed by atoms with Crippen LogP contribution >= 0.6 is 0 Å². The molecule has 3 aliphatic rings. The first-order valence-corrected chi connectivity index (χ1v) is 8.03. The number of fused-ring (bicyclic) bond motifs is 2. The second-order valence-corrected chi connectivity index (χ2v) is 6.55. The zero-order chi connectivity index (χ0) is 13.2. The van der Waals surface area contributed by atoms with Gasteiger partial charge in [0.2, 0.25) is 5.91 Å². The summed E-state index contributed by atoms with van der Waals surface area (Å²) in [7, 11) is 0. The van der Waals surface area contributed by atoms with Crippen LogP contribution in [0, 0.1) is 0 Å². The monoisotopic (exact) mass is 265 g/mol. The maximum atomic E-state index is 12.2. The van der Waals surface area contributed by atoms with Crippen LogP contribution in [0.5, 0.6) is 0 Å². The summed E-state index contributed by atoms with van der Waals surface area (Å²) in [6.45, 7) is 2.92. The lowest BCUT2D eigenvalue weighted by molar-refractivity contribution is -0.132. The fourth-order valence-electron chi connectivity index (χ4n) is 4.21. The molecule has 2 unspecified atom stereocenters. The Balaban J connectivity index is 1.48. The third-order valence-corrected chi connectivity index (χ3v) is 5.21. The van der Waals surface area contributed by atoms with E-state index in [1.807, 2.05) is 0 Å². The van der Waals surface area contributed by atoms with Crippen molar-refractivity contribution in [2.24, 2.45) is 5.73 Å². The van der Waals surface area contributed by atoms with Crippen LogP contribution < -0.4 is 5.73 Å². The average Bonchev–Trinajstić information content (AvgIpc) is 2.67. The predicted molar refractivity (Wildman–Crippen MR) is 75.8 cm³/mol. The van der Waals surface area contributed by atoms with E-state index >= 15 is 0 Å². The number of likely N-dealkylation sites (tertiary alicyclic amines) is 1. The molecule has 0 aromatic heterocycles. The van der Waals surface area contributed by atoms with Gasteiger partial charge in [0, 0.05) is 44.2 Å². The van der Waals surface area contributed by atoms with Gasteiger partial charge in [-0.25, -0.2) is 0 Å². The van der Waals surface area contributed by atoms with Crippen molar-refractivity contribution in [1.29, 1.82) is 0 Å². The molecule has 4 heteroatoms. The van der Waals surface area contributed by atoms with E-state index in [0.717, 1.165) is 32.5 Å². The van der Waals surface area contributed by atoms with Crippen LogP contribution in [0.4, 0.5) is 0 Å². The van der Waals surface area contributed by atoms with E-state index in [2.05, 4.69) is 9.80 Å². The number of carbonyl (C=O) groups excluding carboxylic acids is 1. The number of rotatable bonds is 3. The summed E-state index contributed by atoms with van der Waals surface area (Å²) in [6, 6.07) is 1.71. The molecular weight excluding hydrogens is 238 g/mol. The molecule has 0 saturated carbocycles. The molecule has 4 nitrogen and oxygen atoms in total. The predicted octanol–water partition coefficient (Wildman–Crippen LogP) is 1.34. The number of hydrogen-bond acceptors (Lipinski definition) is 3. The Morgan fingerprint density at radius 1 is 1.05 bits per heavy atom. The van der Waals surface area contributed by atoms with E-state index in [9.17, 15) is 4.79 Å². The molecule has 2 atom stereocenters. The molecule has 2 bridgehead atoms. The third kappa shape index (κ3) is 2.95. The van der Waals surface area contributed by atoms with Crippen molar-refractivity contribution in [2.75, 3.05) is 19.6 Å². The molecule has 2 N–H and O–H groups in total. The van der Waals surface area contributed by atoms with Gasteiger partial charge in [0.25, 0.3) is 0 Å². The van der Waals surface area contributed by atoms with Crippen LogP contribution in [-0.4, -0.2) is 53.5 Å². The number of nitrogens with zero attached hydrogens (tertiary/aromatic N) is 2. The maximum absolute atomic E-state index is 12.2. The van der Waals surface area contributed by atoms with Crippen LogP contribution in [0.1, 0.15) is 51.4 Å². The molecular formula is C15H27N3O. The molecule has 1 amide bonds. The van der Waals surface area contributed by atoms with E-state index in [1.54, 1.807) is 0 Å². The highest BCUT2D eigenvalue weighted by atomic mass is 16.2. The summed E-state index contributed by atoms with van der Waals surface area (Å²) in [5.41, 5.74) is 6.09. The highest BCUT2D eigenvalue weighted by Crippen LogP contribution is 2.35. The van der Waals surface area contributed by atoms with Crippen molar-refractivity contribution in [3.8, 4) is 0 Å². The fourth-order valence-corrected chi connectivity index (χ4v) is 4.21. The van der Waals surface area contributed by atoms with Crippen molar-refractivity contribution < 1.29 is 4.79 Å². The second kappa shape index (κ2) is 5.80. The molecule has 0 aliphatic carbocycles. The lowest BCUT2D eigenvalue weighted by Crippen LogP contribution is -2.48. The molecule has 19 heavy (non-hydrogen) atoms. The summed E-state index contributed by atoms with van der Waals surface area (Å²) in [5.74, 6) is 0.369. The number of piperidine rings is 2. The van der Waals surface area contributed by atoms with E-state index < -0.39 is 0 Å². The Bertz CT molecular complexity index is 313. The zero-order valence-electron chi connectivity index (χ0n) is 11.9. The number of carbonyl (C=O) groups is 1. The molecule has 0 aromatic rings. The van der Waals surface area contributed by atoms with Crippen LogP contribution in [0.2, 0.25) is 0 Å². The topological polar surface area (TPSA) is 49.6 Å². The van der Waals surface area contributed by atoms with Gasteiger partial charge in [-0.3, -0.25) is 9.69 Å². The summed E-state index contributed by atoms with van der Waals surface area (Å²) >= 11 is 0. The largest absolute Gasteiger partial charge is 0.343 e. The molecule has 3 rings (SSSR count). The van der Waals surface area contributed by atoms with Crippen molar-refractivity contribution in [1.82, 2.24) is 9.80 Å². The summed E-state index contributed by atoms with van der Waals surface area (Å²) in [5, 5.41) is 0. The van der Waals surface area contributed by atoms with Gasteiger partial charge in [-0.2, -0.15) is 0 Å². The third-order valence-electron chi connectivity index (χ3n) is 5.21. The molecule has 108 valence electrons. The fraction of sp³-hybridized carbons (Fsp3) is 0.933. The standard InChI is InChI=1S/C15H27N3O/c16-12-10-13-4-5-14(11-12)18(13)9-6-15(19)17-7-2-1-3-8-17/h12-14H,1-11,16H2. The normalized spacial score (nSPS) is 35.6. The SMILES string of the molecule is NC1CC2CCC(C1)N2CCC(=O)N1CCCCC1. The van der Waals surface area contributed by atoms with Crippen molar-refractivity contribution >= 4 is 5.91 Å². The number of amides is 1. The van der Waals surface area contributed by atoms with Gasteiger partial charge in [-0.1, -0.05) is 0 Å². The van der Waals surface area contributed by atoms with Crippen molar-refractivity contribution in [3.05, 3.63) is 0 Å². The lowest BCUT2D eigenvalue weighted by Gasteiger charge is -2.38. The van der Waals surface area contributed by atoms with Crippen LogP contribution in [0.25, 0.3) is 0 Å². The van der Waals surface area contributed by atoms with E-state index in [-0.39, 0.29) is 0 Å². The summed E-state index contributed by atoms with van der Waals surface area (Å²) in [6.07, 6.45) is 9.22. The Labute approximate surface area is 116 Å². The highest BCUT2D eigenvalue weighted by Gasteiger charge is 2.39. The smallest absolute Gasteiger partial charge is 0.223 e. The van der Waals surface area contributed by atoms with Gasteiger partial charge in [0.1, 0.15) is 0 Å². The first-order chi connectivity index (χ1) is 9.24. The van der Waals surface area contributed by atoms with E-state index in [4.69, 9.17) is 5.73 Å². The number of nitrogens with two attached hydrogens (primary N) is 1. The van der Waals surface area contributed by atoms with Gasteiger partial charge >= 0.3 is 0 Å². The van der Waals surface area contributed by atoms with Gasteiger partial charge in [-0.15, -0.1) is 0 Å². The van der Waals surface area contributed by atoms with E-state index in [1.165, 1.54) is 32.1 Å². The Morgan fingerprint density at radius 2 is 1.68 bits per heavy atom. The second-order valence-electron chi connectivity index (χ2n) is 6.55. The molecule has 0 aromatic carbocycles. The Kier molecular flexibility index (Phi) is 4.08. The minimum absolute atomic E-state index is 0.369. The maximum Gasteiger partial charge on any atom is 0.223 e. The molecule has 0 spiro atoms. The van der Waals surface area contributed by atoms with Crippen LogP contribution in [-0.2, 0) is 4.79 Å². The summed E-state index contributed by atoms with van der Waals surface area (Å²) < 4.78 is 0. The Morgan fingerprint density at radius 3 is 2.32 bits per heavy atom. The quantitative estimate of drug-likeness (QED) is 0.838. The minimum Gasteiger partial charge on any atom is -0.343 e. The first kappa shape index (κ1) is 13.4. The van der Waals surface area contributed by atoms with Gasteiger partial charge in [-0.05, 0) is 44.9 Å². The first-order valence-electron chi connectivity index (χ1n) is 8.03. The Hall–Kier alpha value is -0.610. The van der Waals surface area contributed by atoms with Crippen molar-refractivity contribution in [3.63, 3.8) is 0 Å². The molecule has 3 saturated heterocycles. The highest BCUT2D eigenvalue weighted by molar-refractivity contribution is 5.76. The van der Waals surface area contributed by atoms with Crippen LogP contribution in [0.3, 0.4) is 0 Å². The molecule has 3 fully saturated rings. The number of hydrogen-bond donors (Lipinski definition) is 1. The van der Waals surface area contributed by atoms with Crippen molar-refractivity contribution in [2.45, 2.75) is 69.5 Å². The van der Waals surface area contributed by atoms with Gasteiger partial charge in [0.15, 0.2) is 0 Å². The molecule has 3 heterocycles. The zero-order valence-corrected chi connectivity index (χ0v) is 11.9. The lowest BCUT2D eigenvalue weighted by atomic mass is 9.98. The van der Waals surface area contributed by atoms with Gasteiger partial charge < -0.3 is 10.6 Å². The van der Waals surface area contributed by atoms with Crippen LogP contribution in [0.15, 0.2) is 0 Å².